The number of ether oxygens (including phenoxy) is 3. The van der Waals surface area contributed by atoms with Gasteiger partial charge in [0.25, 0.3) is 0 Å². The van der Waals surface area contributed by atoms with Gasteiger partial charge in [0, 0.05) is 38.2 Å². The Labute approximate surface area is 183 Å². The summed E-state index contributed by atoms with van der Waals surface area (Å²) in [6, 6.07) is 15.8. The van der Waals surface area contributed by atoms with Crippen LogP contribution in [0.15, 0.2) is 60.9 Å². The van der Waals surface area contributed by atoms with Crippen molar-refractivity contribution >= 4 is 5.82 Å². The van der Waals surface area contributed by atoms with Crippen LogP contribution in [0.2, 0.25) is 0 Å². The fraction of sp³-hybridized carbons (Fsp3) is 0.333. The number of nitrogens with one attached hydrogen (secondary N) is 1. The van der Waals surface area contributed by atoms with Crippen LogP contribution in [0.5, 0.6) is 17.4 Å². The molecule has 0 bridgehead atoms. The van der Waals surface area contributed by atoms with Crippen molar-refractivity contribution in [2.24, 2.45) is 0 Å². The molecule has 1 fully saturated rings. The molecule has 7 heteroatoms. The lowest BCUT2D eigenvalue weighted by Gasteiger charge is -2.28. The third-order valence-corrected chi connectivity index (χ3v) is 5.24. The number of nitrogens with zero attached hydrogens (tertiary/aromatic N) is 3. The van der Waals surface area contributed by atoms with Crippen LogP contribution in [-0.4, -0.2) is 49.9 Å². The molecule has 31 heavy (non-hydrogen) atoms. The van der Waals surface area contributed by atoms with Gasteiger partial charge in [0.2, 0.25) is 5.88 Å². The second-order valence-electron chi connectivity index (χ2n) is 7.25. The maximum atomic E-state index is 5.97. The first-order chi connectivity index (χ1) is 15.3. The molecule has 1 aromatic heterocycles. The van der Waals surface area contributed by atoms with E-state index in [1.54, 1.807) is 19.5 Å². The van der Waals surface area contributed by atoms with Gasteiger partial charge in [0.1, 0.15) is 18.1 Å². The van der Waals surface area contributed by atoms with Gasteiger partial charge < -0.3 is 24.4 Å². The molecule has 0 unspecified atom stereocenters. The van der Waals surface area contributed by atoms with Crippen LogP contribution in [-0.2, 0) is 13.0 Å². The van der Waals surface area contributed by atoms with Crippen LogP contribution in [0.1, 0.15) is 11.1 Å². The zero-order valence-corrected chi connectivity index (χ0v) is 17.8. The molecule has 1 N–H and O–H groups in total. The van der Waals surface area contributed by atoms with Gasteiger partial charge in [-0.05, 0) is 23.8 Å². The number of aromatic nitrogens is 2. The summed E-state index contributed by atoms with van der Waals surface area (Å²) in [6.45, 7) is 4.68. The summed E-state index contributed by atoms with van der Waals surface area (Å²) in [7, 11) is 1.68. The predicted octanol–water partition coefficient (Wildman–Crippen LogP) is 3.10. The van der Waals surface area contributed by atoms with Gasteiger partial charge in [-0.1, -0.05) is 30.3 Å². The van der Waals surface area contributed by atoms with Gasteiger partial charge in [-0.25, -0.2) is 0 Å². The SMILES string of the molecule is COc1cccc(CCOc2cncc(N3CCNCC3)n2)c1COc1ccccc1. The van der Waals surface area contributed by atoms with E-state index in [2.05, 4.69) is 26.3 Å². The number of piperazine rings is 1. The van der Waals surface area contributed by atoms with Crippen LogP contribution >= 0.6 is 0 Å². The van der Waals surface area contributed by atoms with E-state index < -0.39 is 0 Å². The zero-order chi connectivity index (χ0) is 21.3. The summed E-state index contributed by atoms with van der Waals surface area (Å²) in [4.78, 5) is 11.1. The topological polar surface area (TPSA) is 68.7 Å². The summed E-state index contributed by atoms with van der Waals surface area (Å²) in [5.74, 6) is 3.04. The van der Waals surface area contributed by atoms with E-state index in [1.807, 2.05) is 42.5 Å². The number of para-hydroxylation sites is 1. The second kappa shape index (κ2) is 10.6. The van der Waals surface area contributed by atoms with Crippen LogP contribution in [0.3, 0.4) is 0 Å². The van der Waals surface area contributed by atoms with Crippen molar-refractivity contribution in [3.05, 3.63) is 72.1 Å². The number of anilines is 1. The molecule has 3 aromatic rings. The molecule has 0 aliphatic carbocycles. The van der Waals surface area contributed by atoms with Crippen molar-refractivity contribution in [1.29, 1.82) is 0 Å². The van der Waals surface area contributed by atoms with Crippen molar-refractivity contribution in [2.75, 3.05) is 44.8 Å². The smallest absolute Gasteiger partial charge is 0.234 e. The van der Waals surface area contributed by atoms with Crippen LogP contribution in [0, 0.1) is 0 Å². The van der Waals surface area contributed by atoms with E-state index >= 15 is 0 Å². The maximum Gasteiger partial charge on any atom is 0.234 e. The Morgan fingerprint density at radius 1 is 0.968 bits per heavy atom. The largest absolute Gasteiger partial charge is 0.496 e. The summed E-state index contributed by atoms with van der Waals surface area (Å²) in [6.07, 6.45) is 4.17. The van der Waals surface area contributed by atoms with E-state index in [-0.39, 0.29) is 0 Å². The van der Waals surface area contributed by atoms with E-state index in [9.17, 15) is 0 Å². The Morgan fingerprint density at radius 3 is 2.61 bits per heavy atom. The molecule has 0 spiro atoms. The van der Waals surface area contributed by atoms with Crippen LogP contribution < -0.4 is 24.4 Å². The Hall–Kier alpha value is -3.32. The Balaban J connectivity index is 1.39. The van der Waals surface area contributed by atoms with Crippen molar-refractivity contribution in [2.45, 2.75) is 13.0 Å². The molecule has 162 valence electrons. The number of hydrogen-bond acceptors (Lipinski definition) is 7. The highest BCUT2D eigenvalue weighted by atomic mass is 16.5. The maximum absolute atomic E-state index is 5.97. The third kappa shape index (κ3) is 5.64. The first kappa shape index (κ1) is 20.9. The van der Waals surface area contributed by atoms with E-state index in [4.69, 9.17) is 14.2 Å². The molecular weight excluding hydrogens is 392 g/mol. The average Bonchev–Trinajstić information content (AvgIpc) is 2.84. The van der Waals surface area contributed by atoms with Gasteiger partial charge >= 0.3 is 0 Å². The Kier molecular flexibility index (Phi) is 7.18. The zero-order valence-electron chi connectivity index (χ0n) is 17.8. The van der Waals surface area contributed by atoms with Crippen LogP contribution in [0.4, 0.5) is 5.82 Å². The summed E-state index contributed by atoms with van der Waals surface area (Å²) in [5, 5.41) is 3.35. The van der Waals surface area contributed by atoms with Gasteiger partial charge in [-0.3, -0.25) is 4.98 Å². The summed E-state index contributed by atoms with van der Waals surface area (Å²) >= 11 is 0. The number of rotatable bonds is 9. The minimum Gasteiger partial charge on any atom is -0.496 e. The van der Waals surface area contributed by atoms with Gasteiger partial charge in [-0.15, -0.1) is 0 Å². The van der Waals surface area contributed by atoms with Crippen molar-refractivity contribution in [3.8, 4) is 17.4 Å². The fourth-order valence-corrected chi connectivity index (χ4v) is 3.59. The van der Waals surface area contributed by atoms with Gasteiger partial charge in [0.15, 0.2) is 5.82 Å². The molecule has 0 saturated carbocycles. The normalized spacial score (nSPS) is 13.6. The van der Waals surface area contributed by atoms with Gasteiger partial charge in [0.05, 0.1) is 26.1 Å². The molecule has 7 nitrogen and oxygen atoms in total. The minimum absolute atomic E-state index is 0.432. The Morgan fingerprint density at radius 2 is 1.81 bits per heavy atom. The first-order valence-electron chi connectivity index (χ1n) is 10.6. The average molecular weight is 421 g/mol. The predicted molar refractivity (Wildman–Crippen MR) is 120 cm³/mol. The molecule has 0 atom stereocenters. The van der Waals surface area contributed by atoms with E-state index in [0.717, 1.165) is 54.6 Å². The first-order valence-corrected chi connectivity index (χ1v) is 10.6. The number of hydrogen-bond donors (Lipinski definition) is 1. The molecule has 2 aromatic carbocycles. The minimum atomic E-state index is 0.432. The molecule has 2 heterocycles. The second-order valence-corrected chi connectivity index (χ2v) is 7.25. The lowest BCUT2D eigenvalue weighted by atomic mass is 10.0. The summed E-state index contributed by atoms with van der Waals surface area (Å²) < 4.78 is 17.5. The molecule has 0 amide bonds. The van der Waals surface area contributed by atoms with Crippen molar-refractivity contribution in [3.63, 3.8) is 0 Å². The molecule has 1 saturated heterocycles. The third-order valence-electron chi connectivity index (χ3n) is 5.24. The molecule has 0 radical (unpaired) electrons. The number of benzene rings is 2. The molecule has 1 aliphatic heterocycles. The highest BCUT2D eigenvalue weighted by Gasteiger charge is 2.14. The van der Waals surface area contributed by atoms with Crippen molar-refractivity contribution in [1.82, 2.24) is 15.3 Å². The fourth-order valence-electron chi connectivity index (χ4n) is 3.59. The monoisotopic (exact) mass is 420 g/mol. The van der Waals surface area contributed by atoms with Crippen molar-refractivity contribution < 1.29 is 14.2 Å². The number of methoxy groups -OCH3 is 1. The lowest BCUT2D eigenvalue weighted by Crippen LogP contribution is -2.43. The molecule has 1 aliphatic rings. The molecular formula is C24H28N4O3. The van der Waals surface area contributed by atoms with Crippen LogP contribution in [0.25, 0.3) is 0 Å². The Bertz CT molecular complexity index is 962. The highest BCUT2D eigenvalue weighted by molar-refractivity contribution is 5.41. The van der Waals surface area contributed by atoms with E-state index in [0.29, 0.717) is 25.5 Å². The lowest BCUT2D eigenvalue weighted by molar-refractivity contribution is 0.289. The standard InChI is InChI=1S/C24H28N4O3/c1-29-22-9-5-6-19(21(22)18-31-20-7-3-2-4-8-20)10-15-30-24-17-26-16-23(27-24)28-13-11-25-12-14-28/h2-9,16-17,25H,10-15,18H2,1H3. The summed E-state index contributed by atoms with van der Waals surface area (Å²) in [5.41, 5.74) is 2.15. The van der Waals surface area contributed by atoms with Gasteiger partial charge in [-0.2, -0.15) is 4.98 Å². The quantitative estimate of drug-likeness (QED) is 0.570. The highest BCUT2D eigenvalue weighted by Crippen LogP contribution is 2.25. The van der Waals surface area contributed by atoms with E-state index in [1.165, 1.54) is 0 Å². The molecule has 4 rings (SSSR count).